The van der Waals surface area contributed by atoms with E-state index in [0.29, 0.717) is 15.7 Å². The lowest BCUT2D eigenvalue weighted by Gasteiger charge is -2.38. The number of hydrogen-bond acceptors (Lipinski definition) is 7. The first-order valence-corrected chi connectivity index (χ1v) is 15.5. The van der Waals surface area contributed by atoms with Crippen molar-refractivity contribution in [2.24, 2.45) is 5.92 Å². The van der Waals surface area contributed by atoms with E-state index in [1.807, 2.05) is 24.3 Å². The highest BCUT2D eigenvalue weighted by Gasteiger charge is 2.53. The first kappa shape index (κ1) is 29.2. The summed E-state index contributed by atoms with van der Waals surface area (Å²) in [4.78, 5) is 42.1. The molecule has 2 aromatic carbocycles. The molecule has 1 fully saturated rings. The fraction of sp³-hybridized carbons (Fsp3) is 0.276. The van der Waals surface area contributed by atoms with E-state index in [2.05, 4.69) is 15.0 Å². The van der Waals surface area contributed by atoms with Gasteiger partial charge < -0.3 is 4.90 Å². The Morgan fingerprint density at radius 1 is 1.00 bits per heavy atom. The van der Waals surface area contributed by atoms with Crippen LogP contribution in [-0.4, -0.2) is 76.1 Å². The Balaban J connectivity index is 1.41. The number of benzene rings is 2. The summed E-state index contributed by atoms with van der Waals surface area (Å²) in [5, 5.41) is 0.489. The zero-order valence-corrected chi connectivity index (χ0v) is 25.8. The molecule has 1 atom stereocenters. The van der Waals surface area contributed by atoms with Gasteiger partial charge in [0, 0.05) is 61.6 Å². The average Bonchev–Trinajstić information content (AvgIpc) is 3.46. The molecule has 6 rings (SSSR count). The van der Waals surface area contributed by atoms with Crippen molar-refractivity contribution < 1.29 is 18.0 Å². The van der Waals surface area contributed by atoms with Gasteiger partial charge in [-0.15, -0.1) is 0 Å². The molecule has 2 aliphatic rings. The van der Waals surface area contributed by atoms with E-state index < -0.39 is 27.4 Å². The molecule has 0 saturated carbocycles. The van der Waals surface area contributed by atoms with E-state index >= 15 is 0 Å². The molecule has 0 unspecified atom stereocenters. The third kappa shape index (κ3) is 4.97. The van der Waals surface area contributed by atoms with Gasteiger partial charge in [-0.1, -0.05) is 47.5 Å². The number of hydrogen-bond donors (Lipinski definition) is 0. The molecule has 2 amide bonds. The number of aromatic nitrogens is 4. The van der Waals surface area contributed by atoms with Crippen LogP contribution in [0.15, 0.2) is 72.4 Å². The Morgan fingerprint density at radius 2 is 1.63 bits per heavy atom. The maximum atomic E-state index is 14.3. The molecule has 1 saturated heterocycles. The summed E-state index contributed by atoms with van der Waals surface area (Å²) < 4.78 is 30.6. The minimum atomic E-state index is -4.11. The van der Waals surface area contributed by atoms with E-state index in [0.717, 1.165) is 16.7 Å². The molecule has 14 heteroatoms. The molecule has 4 aromatic rings. The van der Waals surface area contributed by atoms with Crippen LogP contribution >= 0.6 is 23.2 Å². The number of carbonyl (C=O) groups is 2. The molecule has 4 heterocycles. The second kappa shape index (κ2) is 10.7. The molecule has 2 aliphatic heterocycles. The van der Waals surface area contributed by atoms with Crippen LogP contribution in [0.2, 0.25) is 10.0 Å². The smallest absolute Gasteiger partial charge is 0.260 e. The number of rotatable bonds is 7. The van der Waals surface area contributed by atoms with Gasteiger partial charge in [-0.05, 0) is 36.2 Å². The van der Waals surface area contributed by atoms with E-state index in [1.165, 1.54) is 31.2 Å². The zero-order valence-electron chi connectivity index (χ0n) is 23.5. The normalized spacial score (nSPS) is 18.9. The van der Waals surface area contributed by atoms with Crippen LogP contribution in [-0.2, 0) is 31.6 Å². The van der Waals surface area contributed by atoms with Crippen molar-refractivity contribution in [2.45, 2.75) is 23.9 Å². The maximum Gasteiger partial charge on any atom is 0.260 e. The Morgan fingerprint density at radius 3 is 2.23 bits per heavy atom. The zero-order chi connectivity index (χ0) is 30.7. The summed E-state index contributed by atoms with van der Waals surface area (Å²) in [5.41, 5.74) is 1.51. The van der Waals surface area contributed by atoms with Crippen molar-refractivity contribution in [3.05, 3.63) is 83.0 Å². The standard InChI is InChI=1S/C29H27Cl2N7O4S/c1-29(11-18-4-6-19(7-5-18)20-12-32-17-33-13-20)27(40)37(24-9-22(30)8-23(31)10-24)28-34-14-25(38(28)29)43(41,42)36-15-21(16-36)26(39)35(2)3/h4-10,12-14,17,21H,11,15-16H2,1-3H3/t29-/m1/s1. The van der Waals surface area contributed by atoms with Crippen LogP contribution in [0, 0.1) is 5.92 Å². The van der Waals surface area contributed by atoms with Gasteiger partial charge in [0.1, 0.15) is 11.9 Å². The summed E-state index contributed by atoms with van der Waals surface area (Å²) in [6.07, 6.45) is 6.29. The van der Waals surface area contributed by atoms with Crippen LogP contribution in [0.3, 0.4) is 0 Å². The van der Waals surface area contributed by atoms with Gasteiger partial charge in [-0.3, -0.25) is 14.2 Å². The predicted octanol–water partition coefficient (Wildman–Crippen LogP) is 3.99. The highest BCUT2D eigenvalue weighted by Crippen LogP contribution is 2.45. The number of anilines is 2. The molecule has 0 radical (unpaired) electrons. The van der Waals surface area contributed by atoms with E-state index in [4.69, 9.17) is 23.2 Å². The Kier molecular flexibility index (Phi) is 7.28. The molecule has 0 N–H and O–H groups in total. The molecule has 0 spiro atoms. The summed E-state index contributed by atoms with van der Waals surface area (Å²) in [7, 11) is -0.837. The number of halogens is 2. The minimum absolute atomic E-state index is 0.0444. The van der Waals surface area contributed by atoms with Crippen molar-refractivity contribution in [1.82, 2.24) is 28.7 Å². The van der Waals surface area contributed by atoms with Gasteiger partial charge in [0.15, 0.2) is 5.03 Å². The van der Waals surface area contributed by atoms with Gasteiger partial charge in [0.25, 0.3) is 15.9 Å². The predicted molar refractivity (Wildman–Crippen MR) is 162 cm³/mol. The number of carbonyl (C=O) groups excluding carboxylic acids is 2. The molecule has 2 aromatic heterocycles. The number of sulfonamides is 1. The Labute approximate surface area is 258 Å². The van der Waals surface area contributed by atoms with Gasteiger partial charge in [-0.25, -0.2) is 28.3 Å². The third-order valence-corrected chi connectivity index (χ3v) is 10.0. The van der Waals surface area contributed by atoms with Crippen molar-refractivity contribution in [2.75, 3.05) is 32.1 Å². The summed E-state index contributed by atoms with van der Waals surface area (Å²) in [5.74, 6) is -0.837. The molecule has 11 nitrogen and oxygen atoms in total. The molecule has 0 bridgehead atoms. The summed E-state index contributed by atoms with van der Waals surface area (Å²) >= 11 is 12.6. The number of nitrogens with zero attached hydrogens (tertiary/aromatic N) is 7. The molecule has 0 aliphatic carbocycles. The molecule has 222 valence electrons. The third-order valence-electron chi connectivity index (χ3n) is 7.81. The maximum absolute atomic E-state index is 14.3. The van der Waals surface area contributed by atoms with Gasteiger partial charge in [-0.2, -0.15) is 4.31 Å². The first-order valence-electron chi connectivity index (χ1n) is 13.3. The van der Waals surface area contributed by atoms with Crippen LogP contribution in [0.1, 0.15) is 12.5 Å². The van der Waals surface area contributed by atoms with E-state index in [1.54, 1.807) is 51.6 Å². The average molecular weight is 641 g/mol. The molecular weight excluding hydrogens is 613 g/mol. The Bertz CT molecular complexity index is 1820. The molecule has 43 heavy (non-hydrogen) atoms. The Hall–Kier alpha value is -3.84. The van der Waals surface area contributed by atoms with Crippen molar-refractivity contribution >= 4 is 56.7 Å². The number of fused-ring (bicyclic) bond motifs is 1. The van der Waals surface area contributed by atoms with Crippen molar-refractivity contribution in [3.8, 4) is 11.1 Å². The van der Waals surface area contributed by atoms with Crippen LogP contribution in [0.4, 0.5) is 11.6 Å². The lowest BCUT2D eigenvalue weighted by Crippen LogP contribution is -2.55. The molecular formula is C29H27Cl2N7O4S. The van der Waals surface area contributed by atoms with E-state index in [9.17, 15) is 18.0 Å². The van der Waals surface area contributed by atoms with Gasteiger partial charge in [0.2, 0.25) is 11.9 Å². The highest BCUT2D eigenvalue weighted by atomic mass is 35.5. The van der Waals surface area contributed by atoms with Crippen LogP contribution in [0.25, 0.3) is 11.1 Å². The number of imidazole rings is 1. The lowest BCUT2D eigenvalue weighted by atomic mass is 9.91. The highest BCUT2D eigenvalue weighted by molar-refractivity contribution is 7.89. The van der Waals surface area contributed by atoms with Crippen molar-refractivity contribution in [3.63, 3.8) is 0 Å². The number of amides is 2. The minimum Gasteiger partial charge on any atom is -0.348 e. The topological polar surface area (TPSA) is 122 Å². The summed E-state index contributed by atoms with van der Waals surface area (Å²) in [6, 6.07) is 12.3. The monoisotopic (exact) mass is 639 g/mol. The second-order valence-corrected chi connectivity index (χ2v) is 13.8. The van der Waals surface area contributed by atoms with Crippen LogP contribution < -0.4 is 4.90 Å². The fourth-order valence-electron chi connectivity index (χ4n) is 5.56. The summed E-state index contributed by atoms with van der Waals surface area (Å²) in [6.45, 7) is 1.78. The van der Waals surface area contributed by atoms with Gasteiger partial charge >= 0.3 is 0 Å². The fourth-order valence-corrected chi connectivity index (χ4v) is 7.79. The SMILES string of the molecule is CN(C)C(=O)C1CN(S(=O)(=O)c2cnc3n2[C@](C)(Cc2ccc(-c4cncnc4)cc2)C(=O)N3c2cc(Cl)cc(Cl)c2)C1. The van der Waals surface area contributed by atoms with Crippen molar-refractivity contribution in [1.29, 1.82) is 0 Å². The van der Waals surface area contributed by atoms with Gasteiger partial charge in [0.05, 0.1) is 17.8 Å². The largest absolute Gasteiger partial charge is 0.348 e. The first-order chi connectivity index (χ1) is 20.4. The van der Waals surface area contributed by atoms with Crippen LogP contribution in [0.5, 0.6) is 0 Å². The van der Waals surface area contributed by atoms with E-state index in [-0.39, 0.29) is 36.4 Å². The second-order valence-electron chi connectivity index (χ2n) is 11.0. The lowest BCUT2D eigenvalue weighted by molar-refractivity contribution is -0.136. The quantitative estimate of drug-likeness (QED) is 0.300.